The Morgan fingerprint density at radius 3 is 1.86 bits per heavy atom. The maximum atomic E-state index is 11.5. The second-order valence-electron chi connectivity index (χ2n) is 5.56. The summed E-state index contributed by atoms with van der Waals surface area (Å²) in [6, 6.07) is 10.5. The molecule has 1 unspecified atom stereocenters. The highest BCUT2D eigenvalue weighted by atomic mass is 32.2. The summed E-state index contributed by atoms with van der Waals surface area (Å²) in [6.45, 7) is 5.98. The zero-order chi connectivity index (χ0) is 15.8. The summed E-state index contributed by atoms with van der Waals surface area (Å²) in [5, 5.41) is 10.6. The third-order valence-electron chi connectivity index (χ3n) is 3.64. The maximum Gasteiger partial charge on any atom is 0.175 e. The van der Waals surface area contributed by atoms with Gasteiger partial charge >= 0.3 is 0 Å². The van der Waals surface area contributed by atoms with Crippen LogP contribution in [-0.4, -0.2) is 19.8 Å². The highest BCUT2D eigenvalue weighted by Crippen LogP contribution is 2.29. The van der Waals surface area contributed by atoms with Crippen molar-refractivity contribution in [3.63, 3.8) is 0 Å². The van der Waals surface area contributed by atoms with E-state index in [1.54, 1.807) is 12.1 Å². The van der Waals surface area contributed by atoms with Gasteiger partial charge < -0.3 is 5.11 Å². The van der Waals surface area contributed by atoms with Gasteiger partial charge in [-0.3, -0.25) is 0 Å². The van der Waals surface area contributed by atoms with Crippen molar-refractivity contribution < 1.29 is 13.5 Å². The average molecular weight is 304 g/mol. The summed E-state index contributed by atoms with van der Waals surface area (Å²) < 4.78 is 22.9. The normalized spacial score (nSPS) is 13.2. The predicted molar refractivity (Wildman–Crippen MR) is 84.3 cm³/mol. The van der Waals surface area contributed by atoms with E-state index in [0.717, 1.165) is 22.3 Å². The molecular formula is C17H20O3S. The zero-order valence-corrected chi connectivity index (χ0v) is 13.5. The van der Waals surface area contributed by atoms with Crippen molar-refractivity contribution in [3.05, 3.63) is 64.2 Å². The molecule has 0 aliphatic rings. The highest BCUT2D eigenvalue weighted by molar-refractivity contribution is 7.90. The molecule has 0 saturated carbocycles. The zero-order valence-electron chi connectivity index (χ0n) is 12.7. The largest absolute Gasteiger partial charge is 0.384 e. The first-order valence-electron chi connectivity index (χ1n) is 6.76. The lowest BCUT2D eigenvalue weighted by Crippen LogP contribution is -2.06. The monoisotopic (exact) mass is 304 g/mol. The van der Waals surface area contributed by atoms with E-state index < -0.39 is 15.9 Å². The number of aliphatic hydroxyl groups is 1. The number of aliphatic hydroxyl groups excluding tert-OH is 1. The van der Waals surface area contributed by atoms with Crippen LogP contribution in [0.2, 0.25) is 0 Å². The molecule has 1 N–H and O–H groups in total. The molecule has 3 nitrogen and oxygen atoms in total. The van der Waals surface area contributed by atoms with E-state index in [1.807, 2.05) is 32.9 Å². The first kappa shape index (κ1) is 15.7. The number of rotatable bonds is 3. The van der Waals surface area contributed by atoms with Crippen LogP contribution in [0.3, 0.4) is 0 Å². The fourth-order valence-electron chi connectivity index (χ4n) is 2.69. The maximum absolute atomic E-state index is 11.5. The topological polar surface area (TPSA) is 54.4 Å². The van der Waals surface area contributed by atoms with Crippen LogP contribution in [0, 0.1) is 20.8 Å². The number of aryl methyl sites for hydroxylation is 3. The Morgan fingerprint density at radius 2 is 1.43 bits per heavy atom. The Morgan fingerprint density at radius 1 is 0.952 bits per heavy atom. The van der Waals surface area contributed by atoms with E-state index in [4.69, 9.17) is 0 Å². The minimum atomic E-state index is -3.21. The molecular weight excluding hydrogens is 284 g/mol. The summed E-state index contributed by atoms with van der Waals surface area (Å²) in [7, 11) is -3.21. The lowest BCUT2D eigenvalue weighted by atomic mass is 9.92. The van der Waals surface area contributed by atoms with E-state index in [9.17, 15) is 13.5 Å². The molecule has 0 aromatic heterocycles. The summed E-state index contributed by atoms with van der Waals surface area (Å²) >= 11 is 0. The van der Waals surface area contributed by atoms with E-state index in [2.05, 4.69) is 0 Å². The van der Waals surface area contributed by atoms with Crippen LogP contribution < -0.4 is 0 Å². The van der Waals surface area contributed by atoms with E-state index in [0.29, 0.717) is 5.56 Å². The second kappa shape index (κ2) is 5.62. The lowest BCUT2D eigenvalue weighted by molar-refractivity contribution is 0.218. The van der Waals surface area contributed by atoms with Crippen molar-refractivity contribution in [3.8, 4) is 0 Å². The van der Waals surface area contributed by atoms with Gasteiger partial charge in [0.15, 0.2) is 9.84 Å². The van der Waals surface area contributed by atoms with Crippen molar-refractivity contribution >= 4 is 9.84 Å². The molecule has 112 valence electrons. The SMILES string of the molecule is Cc1cc(C)c(C(O)c2ccc(S(C)(=O)=O)cc2)c(C)c1. The molecule has 0 fully saturated rings. The summed E-state index contributed by atoms with van der Waals surface area (Å²) in [5.74, 6) is 0. The van der Waals surface area contributed by atoms with Crippen LogP contribution in [0.4, 0.5) is 0 Å². The first-order valence-corrected chi connectivity index (χ1v) is 8.65. The number of sulfone groups is 1. The van der Waals surface area contributed by atoms with Crippen molar-refractivity contribution in [2.45, 2.75) is 31.8 Å². The van der Waals surface area contributed by atoms with Gasteiger partial charge in [-0.15, -0.1) is 0 Å². The van der Waals surface area contributed by atoms with Gasteiger partial charge in [0, 0.05) is 6.26 Å². The standard InChI is InChI=1S/C17H20O3S/c1-11-9-12(2)16(13(3)10-11)17(18)14-5-7-15(8-6-14)21(4,19)20/h5-10,17-18H,1-4H3. The van der Waals surface area contributed by atoms with Crippen molar-refractivity contribution in [1.29, 1.82) is 0 Å². The molecule has 4 heteroatoms. The predicted octanol–water partition coefficient (Wildman–Crippen LogP) is 3.10. The number of hydrogen-bond acceptors (Lipinski definition) is 3. The van der Waals surface area contributed by atoms with Gasteiger partial charge in [0.2, 0.25) is 0 Å². The lowest BCUT2D eigenvalue weighted by Gasteiger charge is -2.18. The summed E-state index contributed by atoms with van der Waals surface area (Å²) in [5.41, 5.74) is 4.80. The van der Waals surface area contributed by atoms with Crippen LogP contribution in [0.15, 0.2) is 41.3 Å². The van der Waals surface area contributed by atoms with E-state index >= 15 is 0 Å². The smallest absolute Gasteiger partial charge is 0.175 e. The van der Waals surface area contributed by atoms with Crippen LogP contribution in [0.1, 0.15) is 33.9 Å². The van der Waals surface area contributed by atoms with E-state index in [1.165, 1.54) is 18.4 Å². The Labute approximate surface area is 126 Å². The Kier molecular flexibility index (Phi) is 4.21. The second-order valence-corrected chi connectivity index (χ2v) is 7.57. The van der Waals surface area contributed by atoms with Gasteiger partial charge in [0.25, 0.3) is 0 Å². The molecule has 0 spiro atoms. The third-order valence-corrected chi connectivity index (χ3v) is 4.76. The van der Waals surface area contributed by atoms with Crippen LogP contribution in [-0.2, 0) is 9.84 Å². The Balaban J connectivity index is 2.44. The molecule has 0 saturated heterocycles. The van der Waals surface area contributed by atoms with Gasteiger partial charge in [-0.1, -0.05) is 29.8 Å². The van der Waals surface area contributed by atoms with Crippen molar-refractivity contribution in [1.82, 2.24) is 0 Å². The van der Waals surface area contributed by atoms with Crippen molar-refractivity contribution in [2.24, 2.45) is 0 Å². The van der Waals surface area contributed by atoms with Crippen LogP contribution in [0.25, 0.3) is 0 Å². The Bertz CT molecular complexity index is 736. The third kappa shape index (κ3) is 3.34. The summed E-state index contributed by atoms with van der Waals surface area (Å²) in [4.78, 5) is 0.260. The summed E-state index contributed by atoms with van der Waals surface area (Å²) in [6.07, 6.45) is 0.423. The Hall–Kier alpha value is -1.65. The van der Waals surface area contributed by atoms with Crippen molar-refractivity contribution in [2.75, 3.05) is 6.26 Å². The molecule has 0 amide bonds. The van der Waals surface area contributed by atoms with E-state index in [-0.39, 0.29) is 4.90 Å². The molecule has 2 aromatic rings. The molecule has 21 heavy (non-hydrogen) atoms. The van der Waals surface area contributed by atoms with Gasteiger partial charge in [-0.25, -0.2) is 8.42 Å². The van der Waals surface area contributed by atoms with Gasteiger partial charge in [0.05, 0.1) is 4.90 Å². The fourth-order valence-corrected chi connectivity index (χ4v) is 3.32. The van der Waals surface area contributed by atoms with Crippen LogP contribution >= 0.6 is 0 Å². The molecule has 2 rings (SSSR count). The fraction of sp³-hybridized carbons (Fsp3) is 0.294. The number of hydrogen-bond donors (Lipinski definition) is 1. The van der Waals surface area contributed by atoms with Gasteiger partial charge in [-0.2, -0.15) is 0 Å². The molecule has 1 atom stereocenters. The quantitative estimate of drug-likeness (QED) is 0.948. The molecule has 0 heterocycles. The van der Waals surface area contributed by atoms with Gasteiger partial charge in [0.1, 0.15) is 6.10 Å². The molecule has 0 bridgehead atoms. The number of benzene rings is 2. The first-order chi connectivity index (χ1) is 9.70. The average Bonchev–Trinajstić information content (AvgIpc) is 2.36. The molecule has 0 aliphatic heterocycles. The molecule has 2 aromatic carbocycles. The molecule has 0 aliphatic carbocycles. The highest BCUT2D eigenvalue weighted by Gasteiger charge is 2.16. The minimum absolute atomic E-state index is 0.260. The molecule has 0 radical (unpaired) electrons. The van der Waals surface area contributed by atoms with Gasteiger partial charge in [-0.05, 0) is 55.2 Å². The van der Waals surface area contributed by atoms with Crippen LogP contribution in [0.5, 0.6) is 0 Å². The minimum Gasteiger partial charge on any atom is -0.384 e.